The van der Waals surface area contributed by atoms with Gasteiger partial charge in [-0.15, -0.1) is 0 Å². The fourth-order valence-corrected chi connectivity index (χ4v) is 2.58. The zero-order chi connectivity index (χ0) is 14.3. The number of ether oxygens (including phenoxy) is 1. The van der Waals surface area contributed by atoms with E-state index in [1.807, 2.05) is 30.5 Å². The van der Waals surface area contributed by atoms with Crippen LogP contribution in [0.2, 0.25) is 0 Å². The van der Waals surface area contributed by atoms with Gasteiger partial charge in [0.2, 0.25) is 5.91 Å². The van der Waals surface area contributed by atoms with Crippen LogP contribution in [0.15, 0.2) is 30.5 Å². The third-order valence-corrected chi connectivity index (χ3v) is 3.73. The molecule has 1 fully saturated rings. The summed E-state index contributed by atoms with van der Waals surface area (Å²) in [6.45, 7) is 3.52. The molecule has 1 aliphatic heterocycles. The monoisotopic (exact) mass is 272 g/mol. The number of anilines is 1. The first-order chi connectivity index (χ1) is 9.45. The van der Waals surface area contributed by atoms with Gasteiger partial charge in [-0.05, 0) is 37.4 Å². The number of H-pyrrole nitrogens is 1. The molecule has 0 aliphatic carbocycles. The predicted molar refractivity (Wildman–Crippen MR) is 75.2 cm³/mol. The minimum absolute atomic E-state index is 0.129. The van der Waals surface area contributed by atoms with Crippen LogP contribution in [0, 0.1) is 5.92 Å². The molecule has 1 atom stereocenters. The zero-order valence-electron chi connectivity index (χ0n) is 11.4. The molecule has 2 heterocycles. The molecule has 0 saturated carbocycles. The van der Waals surface area contributed by atoms with Crippen molar-refractivity contribution < 1.29 is 14.3 Å². The van der Waals surface area contributed by atoms with Crippen LogP contribution in [0.4, 0.5) is 5.69 Å². The number of esters is 1. The molecule has 1 aliphatic rings. The lowest BCUT2D eigenvalue weighted by Gasteiger charge is -2.23. The number of benzene rings is 1. The second-order valence-electron chi connectivity index (χ2n) is 5.60. The van der Waals surface area contributed by atoms with E-state index in [1.165, 1.54) is 0 Å². The Morgan fingerprint density at radius 3 is 2.90 bits per heavy atom. The Labute approximate surface area is 116 Å². The standard InChI is InChI=1S/C15H16N2O3/c1-15(2)11(8-13(18)20-15)14(19)17-10-4-3-9-5-6-16-12(9)7-10/h3-7,11,16H,8H2,1-2H3,(H,17,19)/t11-/m0/s1. The number of carbonyl (C=O) groups is 2. The Bertz CT molecular complexity index is 687. The average Bonchev–Trinajstić information content (AvgIpc) is 2.92. The van der Waals surface area contributed by atoms with Crippen molar-refractivity contribution in [3.05, 3.63) is 30.5 Å². The molecular formula is C15H16N2O3. The van der Waals surface area contributed by atoms with Gasteiger partial charge in [-0.25, -0.2) is 0 Å². The van der Waals surface area contributed by atoms with Crippen LogP contribution in [-0.4, -0.2) is 22.5 Å². The summed E-state index contributed by atoms with van der Waals surface area (Å²) >= 11 is 0. The normalized spacial score (nSPS) is 20.9. The van der Waals surface area contributed by atoms with Crippen LogP contribution in [-0.2, 0) is 14.3 Å². The van der Waals surface area contributed by atoms with E-state index in [0.29, 0.717) is 5.69 Å². The SMILES string of the molecule is CC1(C)OC(=O)C[C@H]1C(=O)Nc1ccc2cc[nH]c2c1. The van der Waals surface area contributed by atoms with Gasteiger partial charge in [0.25, 0.3) is 0 Å². The lowest BCUT2D eigenvalue weighted by atomic mass is 9.90. The van der Waals surface area contributed by atoms with Crippen LogP contribution < -0.4 is 5.32 Å². The topological polar surface area (TPSA) is 71.2 Å². The van der Waals surface area contributed by atoms with Gasteiger partial charge in [0.05, 0.1) is 12.3 Å². The summed E-state index contributed by atoms with van der Waals surface area (Å²) in [5.74, 6) is -0.976. The molecule has 5 heteroatoms. The van der Waals surface area contributed by atoms with E-state index in [9.17, 15) is 9.59 Å². The number of aromatic nitrogens is 1. The fraction of sp³-hybridized carbons (Fsp3) is 0.333. The first-order valence-electron chi connectivity index (χ1n) is 6.55. The number of hydrogen-bond acceptors (Lipinski definition) is 3. The van der Waals surface area contributed by atoms with Crippen molar-refractivity contribution in [1.29, 1.82) is 0 Å². The Morgan fingerprint density at radius 2 is 2.20 bits per heavy atom. The third-order valence-electron chi connectivity index (χ3n) is 3.73. The number of carbonyl (C=O) groups excluding carboxylic acids is 2. The van der Waals surface area contributed by atoms with Crippen LogP contribution in [0.5, 0.6) is 0 Å². The van der Waals surface area contributed by atoms with E-state index >= 15 is 0 Å². The molecule has 0 unspecified atom stereocenters. The lowest BCUT2D eigenvalue weighted by Crippen LogP contribution is -2.36. The van der Waals surface area contributed by atoms with Gasteiger partial charge in [0.1, 0.15) is 5.60 Å². The van der Waals surface area contributed by atoms with E-state index in [4.69, 9.17) is 4.74 Å². The highest BCUT2D eigenvalue weighted by Crippen LogP contribution is 2.33. The zero-order valence-corrected chi connectivity index (χ0v) is 11.4. The maximum absolute atomic E-state index is 12.3. The molecular weight excluding hydrogens is 256 g/mol. The van der Waals surface area contributed by atoms with Crippen LogP contribution in [0.3, 0.4) is 0 Å². The molecule has 104 valence electrons. The number of hydrogen-bond donors (Lipinski definition) is 2. The second kappa shape index (κ2) is 4.37. The maximum atomic E-state index is 12.3. The van der Waals surface area contributed by atoms with Crippen molar-refractivity contribution in [2.45, 2.75) is 25.9 Å². The first-order valence-corrected chi connectivity index (χ1v) is 6.55. The summed E-state index contributed by atoms with van der Waals surface area (Å²) in [4.78, 5) is 26.8. The van der Waals surface area contributed by atoms with Crippen molar-refractivity contribution in [3.8, 4) is 0 Å². The highest BCUT2D eigenvalue weighted by molar-refractivity contribution is 5.98. The summed E-state index contributed by atoms with van der Waals surface area (Å²) in [6.07, 6.45) is 1.98. The fourth-order valence-electron chi connectivity index (χ4n) is 2.58. The van der Waals surface area contributed by atoms with Gasteiger partial charge in [-0.1, -0.05) is 6.07 Å². The van der Waals surface area contributed by atoms with E-state index in [0.717, 1.165) is 10.9 Å². The van der Waals surface area contributed by atoms with Crippen molar-refractivity contribution in [1.82, 2.24) is 4.98 Å². The summed E-state index contributed by atoms with van der Waals surface area (Å²) in [6, 6.07) is 7.62. The molecule has 2 aromatic rings. The molecule has 2 N–H and O–H groups in total. The molecule has 0 bridgehead atoms. The Balaban J connectivity index is 1.80. The molecule has 1 aromatic carbocycles. The number of nitrogens with one attached hydrogen (secondary N) is 2. The van der Waals surface area contributed by atoms with Gasteiger partial charge in [-0.3, -0.25) is 9.59 Å². The molecule has 20 heavy (non-hydrogen) atoms. The van der Waals surface area contributed by atoms with Gasteiger partial charge >= 0.3 is 5.97 Å². The molecule has 0 radical (unpaired) electrons. The van der Waals surface area contributed by atoms with Gasteiger partial charge in [-0.2, -0.15) is 0 Å². The minimum Gasteiger partial charge on any atom is -0.459 e. The maximum Gasteiger partial charge on any atom is 0.307 e. The van der Waals surface area contributed by atoms with E-state index < -0.39 is 11.5 Å². The number of fused-ring (bicyclic) bond motifs is 1. The van der Waals surface area contributed by atoms with Crippen molar-refractivity contribution in [2.24, 2.45) is 5.92 Å². The molecule has 1 aromatic heterocycles. The van der Waals surface area contributed by atoms with E-state index in [-0.39, 0.29) is 18.3 Å². The summed E-state index contributed by atoms with van der Waals surface area (Å²) in [7, 11) is 0. The minimum atomic E-state index is -0.752. The number of amides is 1. The van der Waals surface area contributed by atoms with Gasteiger partial charge in [0.15, 0.2) is 0 Å². The van der Waals surface area contributed by atoms with Crippen molar-refractivity contribution in [3.63, 3.8) is 0 Å². The van der Waals surface area contributed by atoms with Crippen molar-refractivity contribution >= 4 is 28.5 Å². The Morgan fingerprint density at radius 1 is 1.40 bits per heavy atom. The highest BCUT2D eigenvalue weighted by Gasteiger charge is 2.46. The summed E-state index contributed by atoms with van der Waals surface area (Å²) in [5, 5.41) is 3.94. The lowest BCUT2D eigenvalue weighted by molar-refractivity contribution is -0.147. The highest BCUT2D eigenvalue weighted by atomic mass is 16.6. The van der Waals surface area contributed by atoms with Gasteiger partial charge in [0, 0.05) is 17.4 Å². The van der Waals surface area contributed by atoms with Gasteiger partial charge < -0.3 is 15.0 Å². The molecule has 3 rings (SSSR count). The van der Waals surface area contributed by atoms with Crippen LogP contribution in [0.1, 0.15) is 20.3 Å². The molecule has 0 spiro atoms. The number of cyclic esters (lactones) is 1. The Kier molecular flexibility index (Phi) is 2.78. The van der Waals surface area contributed by atoms with Crippen LogP contribution in [0.25, 0.3) is 10.9 Å². The third kappa shape index (κ3) is 2.15. The largest absolute Gasteiger partial charge is 0.459 e. The Hall–Kier alpha value is -2.30. The number of aromatic amines is 1. The smallest absolute Gasteiger partial charge is 0.307 e. The number of rotatable bonds is 2. The first kappa shape index (κ1) is 12.7. The van der Waals surface area contributed by atoms with E-state index in [2.05, 4.69) is 10.3 Å². The average molecular weight is 272 g/mol. The molecule has 1 saturated heterocycles. The quantitative estimate of drug-likeness (QED) is 0.825. The van der Waals surface area contributed by atoms with E-state index in [1.54, 1.807) is 13.8 Å². The molecule has 1 amide bonds. The second-order valence-corrected chi connectivity index (χ2v) is 5.60. The summed E-state index contributed by atoms with van der Waals surface area (Å²) in [5.41, 5.74) is 0.915. The molecule has 5 nitrogen and oxygen atoms in total. The summed E-state index contributed by atoms with van der Waals surface area (Å²) < 4.78 is 5.17. The van der Waals surface area contributed by atoms with Crippen LogP contribution >= 0.6 is 0 Å². The van der Waals surface area contributed by atoms with Crippen molar-refractivity contribution in [2.75, 3.05) is 5.32 Å². The predicted octanol–water partition coefficient (Wildman–Crippen LogP) is 2.45.